The minimum absolute atomic E-state index is 0.0603. The molecule has 1 N–H and O–H groups in total. The van der Waals surface area contributed by atoms with E-state index in [1.165, 1.54) is 19.2 Å². The van der Waals surface area contributed by atoms with E-state index in [1.54, 1.807) is 12.1 Å². The molecular formula is C15H14F2N2O3S. The van der Waals surface area contributed by atoms with Crippen LogP contribution in [-0.4, -0.2) is 27.6 Å². The number of hydrogen-bond acceptors (Lipinski definition) is 3. The van der Waals surface area contributed by atoms with Crippen LogP contribution in [0.4, 0.5) is 20.2 Å². The normalized spacial score (nSPS) is 11.1. The van der Waals surface area contributed by atoms with Crippen LogP contribution in [0.25, 0.3) is 0 Å². The van der Waals surface area contributed by atoms with Crippen molar-refractivity contribution in [1.29, 1.82) is 0 Å². The van der Waals surface area contributed by atoms with Crippen LogP contribution >= 0.6 is 0 Å². The average molecular weight is 340 g/mol. The van der Waals surface area contributed by atoms with Gasteiger partial charge in [0.05, 0.1) is 17.5 Å². The lowest BCUT2D eigenvalue weighted by molar-refractivity contribution is 0.102. The molecular weight excluding hydrogens is 326 g/mol. The SMILES string of the molecule is CN(c1ccccc1C(=O)Nc1cc(F)cc(F)c1)S(C)(=O)=O. The third kappa shape index (κ3) is 4.04. The van der Waals surface area contributed by atoms with Gasteiger partial charge in [-0.05, 0) is 24.3 Å². The zero-order valence-electron chi connectivity index (χ0n) is 12.4. The first-order valence-corrected chi connectivity index (χ1v) is 8.33. The van der Waals surface area contributed by atoms with E-state index < -0.39 is 27.6 Å². The van der Waals surface area contributed by atoms with Crippen molar-refractivity contribution in [2.24, 2.45) is 0 Å². The van der Waals surface area contributed by atoms with Crippen molar-refractivity contribution >= 4 is 27.3 Å². The van der Waals surface area contributed by atoms with Crippen molar-refractivity contribution in [3.63, 3.8) is 0 Å². The number of rotatable bonds is 4. The van der Waals surface area contributed by atoms with Gasteiger partial charge < -0.3 is 5.32 Å². The maximum atomic E-state index is 13.2. The van der Waals surface area contributed by atoms with Crippen LogP contribution in [0.1, 0.15) is 10.4 Å². The molecule has 1 amide bonds. The number of carbonyl (C=O) groups excluding carboxylic acids is 1. The van der Waals surface area contributed by atoms with E-state index in [1.807, 2.05) is 0 Å². The Morgan fingerprint density at radius 3 is 2.22 bits per heavy atom. The average Bonchev–Trinajstić information content (AvgIpc) is 2.44. The summed E-state index contributed by atoms with van der Waals surface area (Å²) >= 11 is 0. The molecule has 0 spiro atoms. The number of amides is 1. The summed E-state index contributed by atoms with van der Waals surface area (Å²) in [6.07, 6.45) is 1.00. The fourth-order valence-corrected chi connectivity index (χ4v) is 2.46. The van der Waals surface area contributed by atoms with Gasteiger partial charge in [-0.25, -0.2) is 17.2 Å². The molecule has 2 rings (SSSR count). The minimum atomic E-state index is -3.56. The van der Waals surface area contributed by atoms with Gasteiger partial charge in [0.15, 0.2) is 0 Å². The fraction of sp³-hybridized carbons (Fsp3) is 0.133. The van der Waals surface area contributed by atoms with Crippen LogP contribution in [0.15, 0.2) is 42.5 Å². The Balaban J connectivity index is 2.37. The molecule has 0 aromatic heterocycles. The molecule has 0 saturated carbocycles. The van der Waals surface area contributed by atoms with E-state index in [4.69, 9.17) is 0 Å². The predicted octanol–water partition coefficient (Wildman–Crippen LogP) is 2.61. The van der Waals surface area contributed by atoms with E-state index in [0.29, 0.717) is 6.07 Å². The summed E-state index contributed by atoms with van der Waals surface area (Å²) in [5.41, 5.74) is 0.152. The number of carbonyl (C=O) groups is 1. The van der Waals surface area contributed by atoms with E-state index >= 15 is 0 Å². The number of anilines is 2. The Labute approximate surface area is 132 Å². The van der Waals surface area contributed by atoms with Crippen LogP contribution in [0.2, 0.25) is 0 Å². The van der Waals surface area contributed by atoms with E-state index in [2.05, 4.69) is 5.32 Å². The van der Waals surface area contributed by atoms with E-state index in [0.717, 1.165) is 22.7 Å². The third-order valence-electron chi connectivity index (χ3n) is 3.11. The van der Waals surface area contributed by atoms with Crippen molar-refractivity contribution < 1.29 is 22.0 Å². The lowest BCUT2D eigenvalue weighted by atomic mass is 10.1. The molecule has 0 aliphatic heterocycles. The number of nitrogens with one attached hydrogen (secondary N) is 1. The lowest BCUT2D eigenvalue weighted by Gasteiger charge is -2.19. The van der Waals surface area contributed by atoms with Gasteiger partial charge >= 0.3 is 0 Å². The molecule has 2 aromatic rings. The largest absolute Gasteiger partial charge is 0.322 e. The highest BCUT2D eigenvalue weighted by Gasteiger charge is 2.19. The molecule has 0 aliphatic carbocycles. The third-order valence-corrected chi connectivity index (χ3v) is 4.30. The second-order valence-electron chi connectivity index (χ2n) is 4.86. The number of para-hydroxylation sites is 1. The van der Waals surface area contributed by atoms with Crippen molar-refractivity contribution in [3.05, 3.63) is 59.7 Å². The van der Waals surface area contributed by atoms with Crippen LogP contribution in [0, 0.1) is 11.6 Å². The van der Waals surface area contributed by atoms with E-state index in [9.17, 15) is 22.0 Å². The first-order chi connectivity index (χ1) is 10.7. The number of halogens is 2. The summed E-state index contributed by atoms with van der Waals surface area (Å²) in [6, 6.07) is 8.62. The van der Waals surface area contributed by atoms with Crippen molar-refractivity contribution in [1.82, 2.24) is 0 Å². The molecule has 0 aliphatic rings. The minimum Gasteiger partial charge on any atom is -0.322 e. The smallest absolute Gasteiger partial charge is 0.257 e. The number of benzene rings is 2. The van der Waals surface area contributed by atoms with Gasteiger partial charge in [0.2, 0.25) is 10.0 Å². The summed E-state index contributed by atoms with van der Waals surface area (Å²) in [5.74, 6) is -2.34. The predicted molar refractivity (Wildman–Crippen MR) is 84.0 cm³/mol. The number of hydrogen-bond donors (Lipinski definition) is 1. The maximum absolute atomic E-state index is 13.2. The maximum Gasteiger partial charge on any atom is 0.257 e. The highest BCUT2D eigenvalue weighted by Crippen LogP contribution is 2.23. The first-order valence-electron chi connectivity index (χ1n) is 6.49. The quantitative estimate of drug-likeness (QED) is 0.930. The highest BCUT2D eigenvalue weighted by atomic mass is 32.2. The lowest BCUT2D eigenvalue weighted by Crippen LogP contribution is -2.27. The molecule has 0 bridgehead atoms. The van der Waals surface area contributed by atoms with Crippen LogP contribution in [-0.2, 0) is 10.0 Å². The Morgan fingerprint density at radius 1 is 1.09 bits per heavy atom. The Morgan fingerprint density at radius 2 is 1.65 bits per heavy atom. The van der Waals surface area contributed by atoms with Gasteiger partial charge in [0.25, 0.3) is 5.91 Å². The molecule has 0 radical (unpaired) electrons. The van der Waals surface area contributed by atoms with Crippen LogP contribution < -0.4 is 9.62 Å². The van der Waals surface area contributed by atoms with Gasteiger partial charge in [-0.2, -0.15) is 0 Å². The Bertz CT molecular complexity index is 833. The zero-order chi connectivity index (χ0) is 17.2. The molecule has 0 fully saturated rings. The molecule has 0 unspecified atom stereocenters. The molecule has 2 aromatic carbocycles. The molecule has 0 saturated heterocycles. The molecule has 8 heteroatoms. The topological polar surface area (TPSA) is 66.5 Å². The van der Waals surface area contributed by atoms with Crippen LogP contribution in [0.5, 0.6) is 0 Å². The summed E-state index contributed by atoms with van der Waals surface area (Å²) in [6.45, 7) is 0. The number of nitrogens with zero attached hydrogens (tertiary/aromatic N) is 1. The van der Waals surface area contributed by atoms with Gasteiger partial charge in [-0.15, -0.1) is 0 Å². The number of sulfonamides is 1. The molecule has 122 valence electrons. The van der Waals surface area contributed by atoms with Gasteiger partial charge in [-0.3, -0.25) is 9.10 Å². The zero-order valence-corrected chi connectivity index (χ0v) is 13.2. The first kappa shape index (κ1) is 16.9. The van der Waals surface area contributed by atoms with E-state index in [-0.39, 0.29) is 16.9 Å². The standard InChI is InChI=1S/C15H14F2N2O3S/c1-19(23(2,21)22)14-6-4-3-5-13(14)15(20)18-12-8-10(16)7-11(17)9-12/h3-9H,1-2H3,(H,18,20). The van der Waals surface area contributed by atoms with Crippen molar-refractivity contribution in [2.45, 2.75) is 0 Å². The highest BCUT2D eigenvalue weighted by molar-refractivity contribution is 7.92. The summed E-state index contributed by atoms with van der Waals surface area (Å²) in [5, 5.41) is 2.35. The summed E-state index contributed by atoms with van der Waals surface area (Å²) in [4.78, 5) is 12.3. The Hall–Kier alpha value is -2.48. The second kappa shape index (κ2) is 6.33. The summed E-state index contributed by atoms with van der Waals surface area (Å²) < 4.78 is 50.6. The van der Waals surface area contributed by atoms with Gasteiger partial charge in [0, 0.05) is 18.8 Å². The van der Waals surface area contributed by atoms with Gasteiger partial charge in [-0.1, -0.05) is 12.1 Å². The second-order valence-corrected chi connectivity index (χ2v) is 6.87. The van der Waals surface area contributed by atoms with Crippen LogP contribution in [0.3, 0.4) is 0 Å². The van der Waals surface area contributed by atoms with Gasteiger partial charge in [0.1, 0.15) is 11.6 Å². The summed E-state index contributed by atoms with van der Waals surface area (Å²) in [7, 11) is -2.26. The fourth-order valence-electron chi connectivity index (χ4n) is 1.94. The van der Waals surface area contributed by atoms with Crippen molar-refractivity contribution in [2.75, 3.05) is 22.9 Å². The molecule has 23 heavy (non-hydrogen) atoms. The molecule has 0 heterocycles. The molecule has 0 atom stereocenters. The Kier molecular flexibility index (Phi) is 4.65. The molecule has 5 nitrogen and oxygen atoms in total. The monoisotopic (exact) mass is 340 g/mol. The van der Waals surface area contributed by atoms with Crippen molar-refractivity contribution in [3.8, 4) is 0 Å².